The molecule has 0 aliphatic heterocycles. The maximum atomic E-state index is 13.4. The average molecular weight is 421 g/mol. The predicted octanol–water partition coefficient (Wildman–Crippen LogP) is 4.08. The first-order valence-electron chi connectivity index (χ1n) is 10.0. The molecule has 0 unspecified atom stereocenters. The third kappa shape index (κ3) is 4.14. The van der Waals surface area contributed by atoms with Gasteiger partial charge in [-0.05, 0) is 66.1 Å². The quantitative estimate of drug-likeness (QED) is 0.331. The highest BCUT2D eigenvalue weighted by Crippen LogP contribution is 2.25. The molecule has 4 rings (SSSR count). The van der Waals surface area contributed by atoms with Gasteiger partial charge in [0.15, 0.2) is 11.0 Å². The molecule has 4 aromatic rings. The maximum absolute atomic E-state index is 13.4. The summed E-state index contributed by atoms with van der Waals surface area (Å²) in [6.07, 6.45) is 2.09. The molecule has 2 aromatic carbocycles. The zero-order chi connectivity index (χ0) is 21.1. The van der Waals surface area contributed by atoms with E-state index in [2.05, 4.69) is 28.5 Å². The molecule has 154 valence electrons. The molecule has 30 heavy (non-hydrogen) atoms. The molecule has 8 heteroatoms. The van der Waals surface area contributed by atoms with Crippen LogP contribution in [0.25, 0.3) is 16.6 Å². The van der Waals surface area contributed by atoms with E-state index in [1.54, 1.807) is 4.57 Å². The molecule has 0 atom stereocenters. The fraction of sp³-hybridized carbons (Fsp3) is 0.318. The molecule has 0 spiro atoms. The fourth-order valence-electron chi connectivity index (χ4n) is 3.45. The number of aromatic nitrogens is 6. The summed E-state index contributed by atoms with van der Waals surface area (Å²) in [5.41, 5.74) is 3.65. The highest BCUT2D eigenvalue weighted by Gasteiger charge is 2.16. The second-order valence-corrected chi connectivity index (χ2v) is 8.30. The number of thioether (sulfide) groups is 1. The van der Waals surface area contributed by atoms with Gasteiger partial charge in [-0.25, -0.2) is 9.67 Å². The molecule has 0 amide bonds. The van der Waals surface area contributed by atoms with E-state index in [0.717, 1.165) is 42.0 Å². The Hall–Kier alpha value is -3.00. The molecular weight excluding hydrogens is 396 g/mol. The van der Waals surface area contributed by atoms with E-state index in [-0.39, 0.29) is 5.56 Å². The first kappa shape index (κ1) is 20.3. The topological polar surface area (TPSA) is 78.5 Å². The van der Waals surface area contributed by atoms with Gasteiger partial charge in [-0.2, -0.15) is 0 Å². The van der Waals surface area contributed by atoms with Crippen LogP contribution in [0.4, 0.5) is 0 Å². The summed E-state index contributed by atoms with van der Waals surface area (Å²) in [4.78, 5) is 18.2. The van der Waals surface area contributed by atoms with Gasteiger partial charge in [-0.1, -0.05) is 43.3 Å². The second kappa shape index (κ2) is 8.79. The molecule has 0 N–H and O–H groups in total. The minimum absolute atomic E-state index is 0.0707. The van der Waals surface area contributed by atoms with Crippen LogP contribution in [0.2, 0.25) is 0 Å². The van der Waals surface area contributed by atoms with Crippen LogP contribution in [0.15, 0.2) is 52.4 Å². The van der Waals surface area contributed by atoms with Gasteiger partial charge in [-0.3, -0.25) is 9.36 Å². The van der Waals surface area contributed by atoms with E-state index in [1.807, 2.05) is 54.9 Å². The van der Waals surface area contributed by atoms with Crippen LogP contribution in [0.1, 0.15) is 36.7 Å². The minimum atomic E-state index is -0.0707. The maximum Gasteiger partial charge on any atom is 0.266 e. The Morgan fingerprint density at radius 1 is 1.07 bits per heavy atom. The molecule has 0 radical (unpaired) electrons. The smallest absolute Gasteiger partial charge is 0.266 e. The summed E-state index contributed by atoms with van der Waals surface area (Å²) in [5.74, 6) is 1.31. The molecule has 0 saturated heterocycles. The molecular formula is C22H24N6OS. The highest BCUT2D eigenvalue weighted by molar-refractivity contribution is 7.98. The van der Waals surface area contributed by atoms with Gasteiger partial charge in [0, 0.05) is 6.54 Å². The van der Waals surface area contributed by atoms with Crippen molar-refractivity contribution in [2.75, 3.05) is 0 Å². The van der Waals surface area contributed by atoms with Crippen LogP contribution in [-0.2, 0) is 12.3 Å². The van der Waals surface area contributed by atoms with Crippen LogP contribution in [0.3, 0.4) is 0 Å². The van der Waals surface area contributed by atoms with Gasteiger partial charge >= 0.3 is 0 Å². The van der Waals surface area contributed by atoms with Crippen LogP contribution in [0.5, 0.6) is 0 Å². The lowest BCUT2D eigenvalue weighted by atomic mass is 10.1. The van der Waals surface area contributed by atoms with Crippen LogP contribution >= 0.6 is 11.8 Å². The Morgan fingerprint density at radius 2 is 1.83 bits per heavy atom. The van der Waals surface area contributed by atoms with Crippen molar-refractivity contribution < 1.29 is 0 Å². The van der Waals surface area contributed by atoms with Gasteiger partial charge in [-0.15, -0.1) is 5.10 Å². The van der Waals surface area contributed by atoms with Crippen molar-refractivity contribution in [3.05, 3.63) is 69.8 Å². The SMILES string of the molecule is CCCCn1nnnc1CSc1nc2ccccc2c(=O)n1-c1cc(C)cc(C)c1. The molecule has 0 fully saturated rings. The highest BCUT2D eigenvalue weighted by atomic mass is 32.2. The number of aryl methyl sites for hydroxylation is 3. The number of tetrazole rings is 1. The molecule has 7 nitrogen and oxygen atoms in total. The van der Waals surface area contributed by atoms with Gasteiger partial charge in [0.05, 0.1) is 22.3 Å². The van der Waals surface area contributed by atoms with Gasteiger partial charge in [0.25, 0.3) is 5.56 Å². The number of benzene rings is 2. The summed E-state index contributed by atoms with van der Waals surface area (Å²) in [6, 6.07) is 13.6. The Bertz CT molecular complexity index is 1230. The van der Waals surface area contributed by atoms with Crippen molar-refractivity contribution in [3.63, 3.8) is 0 Å². The summed E-state index contributed by atoms with van der Waals surface area (Å²) < 4.78 is 3.53. The van der Waals surface area contributed by atoms with Crippen LogP contribution in [-0.4, -0.2) is 29.8 Å². The molecule has 0 aliphatic carbocycles. The third-order valence-electron chi connectivity index (χ3n) is 4.87. The van der Waals surface area contributed by atoms with Crippen molar-refractivity contribution in [2.24, 2.45) is 0 Å². The van der Waals surface area contributed by atoms with Gasteiger partial charge in [0.2, 0.25) is 0 Å². The zero-order valence-electron chi connectivity index (χ0n) is 17.4. The van der Waals surface area contributed by atoms with E-state index in [1.165, 1.54) is 11.8 Å². The van der Waals surface area contributed by atoms with Crippen molar-refractivity contribution >= 4 is 22.7 Å². The Labute approximate surface area is 179 Å². The van der Waals surface area contributed by atoms with E-state index in [0.29, 0.717) is 21.8 Å². The monoisotopic (exact) mass is 420 g/mol. The lowest BCUT2D eigenvalue weighted by molar-refractivity contribution is 0.540. The fourth-order valence-corrected chi connectivity index (χ4v) is 4.40. The molecule has 0 bridgehead atoms. The Kier molecular flexibility index (Phi) is 5.94. The summed E-state index contributed by atoms with van der Waals surface area (Å²) in [6.45, 7) is 6.99. The number of hydrogen-bond donors (Lipinski definition) is 0. The normalized spacial score (nSPS) is 11.3. The number of hydrogen-bond acceptors (Lipinski definition) is 6. The molecule has 0 saturated carbocycles. The van der Waals surface area contributed by atoms with E-state index >= 15 is 0 Å². The van der Waals surface area contributed by atoms with Crippen LogP contribution < -0.4 is 5.56 Å². The van der Waals surface area contributed by atoms with Crippen molar-refractivity contribution in [3.8, 4) is 5.69 Å². The van der Waals surface area contributed by atoms with Gasteiger partial charge < -0.3 is 0 Å². The second-order valence-electron chi connectivity index (χ2n) is 7.36. The Morgan fingerprint density at radius 3 is 2.60 bits per heavy atom. The van der Waals surface area contributed by atoms with Crippen molar-refractivity contribution in [1.82, 2.24) is 29.8 Å². The van der Waals surface area contributed by atoms with Crippen LogP contribution in [0, 0.1) is 13.8 Å². The van der Waals surface area contributed by atoms with E-state index in [9.17, 15) is 4.79 Å². The number of unbranched alkanes of at least 4 members (excludes halogenated alkanes) is 1. The summed E-state index contributed by atoms with van der Waals surface area (Å²) in [7, 11) is 0. The molecule has 2 aromatic heterocycles. The number of para-hydroxylation sites is 1. The molecule has 2 heterocycles. The Balaban J connectivity index is 1.78. The van der Waals surface area contributed by atoms with Crippen molar-refractivity contribution in [1.29, 1.82) is 0 Å². The average Bonchev–Trinajstić information content (AvgIpc) is 3.17. The van der Waals surface area contributed by atoms with E-state index < -0.39 is 0 Å². The molecule has 0 aliphatic rings. The predicted molar refractivity (Wildman–Crippen MR) is 119 cm³/mol. The lowest BCUT2D eigenvalue weighted by Gasteiger charge is -2.14. The number of fused-ring (bicyclic) bond motifs is 1. The third-order valence-corrected chi connectivity index (χ3v) is 5.80. The first-order chi connectivity index (χ1) is 14.6. The van der Waals surface area contributed by atoms with Gasteiger partial charge in [0.1, 0.15) is 0 Å². The standard InChI is InChI=1S/C22H24N6OS/c1-4-5-10-27-20(24-25-26-27)14-30-22-23-19-9-7-6-8-18(19)21(29)28(22)17-12-15(2)11-16(3)13-17/h6-9,11-13H,4-5,10,14H2,1-3H3. The summed E-state index contributed by atoms with van der Waals surface area (Å²) >= 11 is 1.48. The number of rotatable bonds is 7. The van der Waals surface area contributed by atoms with Crippen molar-refractivity contribution in [2.45, 2.75) is 51.1 Å². The minimum Gasteiger partial charge on any atom is -0.268 e. The van der Waals surface area contributed by atoms with E-state index in [4.69, 9.17) is 4.98 Å². The number of nitrogens with zero attached hydrogens (tertiary/aromatic N) is 6. The first-order valence-corrected chi connectivity index (χ1v) is 11.0. The summed E-state index contributed by atoms with van der Waals surface area (Å²) in [5, 5.41) is 13.3. The lowest BCUT2D eigenvalue weighted by Crippen LogP contribution is -2.22. The zero-order valence-corrected chi connectivity index (χ0v) is 18.2. The largest absolute Gasteiger partial charge is 0.268 e.